The van der Waals surface area contributed by atoms with E-state index >= 15 is 0 Å². The number of phosphoric acid groups is 2. The molecule has 8 heterocycles. The maximum Gasteiger partial charge on any atom is 0.480 e. The third-order valence-corrected chi connectivity index (χ3v) is 19.4. The lowest BCUT2D eigenvalue weighted by molar-refractivity contribution is -0.253. The second-order valence-corrected chi connectivity index (χ2v) is 27.5. The molecule has 43 heteroatoms. The lowest BCUT2D eigenvalue weighted by Gasteiger charge is -2.34. The van der Waals surface area contributed by atoms with Crippen LogP contribution in [0.4, 0.5) is 13.2 Å². The fourth-order valence-corrected chi connectivity index (χ4v) is 14.2. The molecule has 0 radical (unpaired) electrons. The van der Waals surface area contributed by atoms with Crippen LogP contribution in [0.1, 0.15) is 119 Å². The average Bonchev–Trinajstić information content (AvgIpc) is 1.55. The second kappa shape index (κ2) is 30.4. The Hall–Kier alpha value is -6.47. The zero-order valence-corrected chi connectivity index (χ0v) is 55.5. The van der Waals surface area contributed by atoms with E-state index in [1.54, 1.807) is 13.8 Å². The Balaban J connectivity index is 0.000000192. The van der Waals surface area contributed by atoms with Gasteiger partial charge in [0.1, 0.15) is 55.1 Å². The molecular formula is C55H75F3N6O32P2. The normalized spacial score (nSPS) is 31.0. The maximum atomic E-state index is 15.0. The lowest BCUT2D eigenvalue weighted by Crippen LogP contribution is -2.53. The molecule has 2 spiro atoms. The number of carbonyl (C=O) groups is 4. The summed E-state index contributed by atoms with van der Waals surface area (Å²) in [5, 5.41) is 31.3. The second-order valence-electron chi connectivity index (χ2n) is 24.1. The van der Waals surface area contributed by atoms with E-state index in [2.05, 4.69) is 28.9 Å². The van der Waals surface area contributed by atoms with Gasteiger partial charge in [-0.2, -0.15) is 0 Å². The molecule has 0 unspecified atom stereocenters. The number of aliphatic hydroxyl groups is 3. The van der Waals surface area contributed by atoms with Crippen LogP contribution in [0, 0.1) is 0 Å². The van der Waals surface area contributed by atoms with Crippen molar-refractivity contribution >= 4 is 39.5 Å². The summed E-state index contributed by atoms with van der Waals surface area (Å²) in [6.45, 7) is -1.30. The van der Waals surface area contributed by atoms with E-state index < -0.39 is 222 Å². The quantitative estimate of drug-likeness (QED) is 0.0294. The Kier molecular flexibility index (Phi) is 24.0. The number of phosphoric ester groups is 2. The summed E-state index contributed by atoms with van der Waals surface area (Å²) in [4.78, 5) is 122. The largest absolute Gasteiger partial charge is 0.480 e. The van der Waals surface area contributed by atoms with Gasteiger partial charge in [-0.25, -0.2) is 54.8 Å². The van der Waals surface area contributed by atoms with Crippen LogP contribution in [-0.2, 0) is 108 Å². The van der Waals surface area contributed by atoms with Crippen molar-refractivity contribution in [2.24, 2.45) is 0 Å². The number of halogens is 3. The number of esters is 4. The molecule has 0 bridgehead atoms. The molecule has 38 nitrogen and oxygen atoms in total. The molecule has 2 saturated carbocycles. The van der Waals surface area contributed by atoms with E-state index in [0.29, 0.717) is 30.3 Å². The van der Waals surface area contributed by atoms with Crippen LogP contribution in [-0.4, -0.2) is 198 Å². The molecule has 98 heavy (non-hydrogen) atoms. The molecule has 7 aliphatic rings. The molecule has 2 aliphatic carbocycles. The monoisotopic (exact) mass is 1450 g/mol. The molecule has 548 valence electrons. The number of fused-ring (bicyclic) bond motifs is 2. The van der Waals surface area contributed by atoms with Crippen LogP contribution in [0.2, 0.25) is 0 Å². The molecule has 6 N–H and O–H groups in total. The van der Waals surface area contributed by atoms with Gasteiger partial charge in [0.25, 0.3) is 16.7 Å². The average molecular weight is 1450 g/mol. The van der Waals surface area contributed by atoms with Gasteiger partial charge in [-0.1, -0.05) is 0 Å². The molecule has 5 aliphatic heterocycles. The molecule has 3 aromatic heterocycles. The number of carbonyl (C=O) groups excluding carboxylic acids is 4. The van der Waals surface area contributed by atoms with Crippen molar-refractivity contribution in [2.75, 3.05) is 67.0 Å². The molecule has 0 amide bonds. The minimum atomic E-state index is -4.73. The number of aromatic amines is 3. The Morgan fingerprint density at radius 2 is 0.816 bits per heavy atom. The highest BCUT2D eigenvalue weighted by molar-refractivity contribution is 7.48. The highest BCUT2D eigenvalue weighted by Crippen LogP contribution is 2.61. The highest BCUT2D eigenvalue weighted by Gasteiger charge is 2.74. The van der Waals surface area contributed by atoms with E-state index in [1.807, 2.05) is 4.98 Å². The van der Waals surface area contributed by atoms with E-state index in [4.69, 9.17) is 60.3 Å². The number of aliphatic hydroxyl groups excluding tert-OH is 2. The molecule has 0 aromatic carbocycles. The van der Waals surface area contributed by atoms with Gasteiger partial charge in [0, 0.05) is 90.2 Å². The van der Waals surface area contributed by atoms with Crippen LogP contribution in [0.5, 0.6) is 0 Å². The predicted octanol–water partition coefficient (Wildman–Crippen LogP) is 0.712. The summed E-state index contributed by atoms with van der Waals surface area (Å²) in [6, 6.07) is 3.20. The highest BCUT2D eigenvalue weighted by atomic mass is 31.2. The predicted molar refractivity (Wildman–Crippen MR) is 313 cm³/mol. The van der Waals surface area contributed by atoms with Crippen molar-refractivity contribution in [3.8, 4) is 0 Å². The summed E-state index contributed by atoms with van der Waals surface area (Å²) >= 11 is 0. The number of H-pyrrole nitrogens is 3. The number of nitrogens with zero attached hydrogens (tertiary/aromatic N) is 3. The van der Waals surface area contributed by atoms with Crippen molar-refractivity contribution in [2.45, 2.75) is 182 Å². The molecule has 5 saturated heterocycles. The van der Waals surface area contributed by atoms with Crippen LogP contribution in [0.3, 0.4) is 0 Å². The van der Waals surface area contributed by atoms with Gasteiger partial charge in [0.2, 0.25) is 27.2 Å². The minimum absolute atomic E-state index is 0.505. The van der Waals surface area contributed by atoms with Crippen LogP contribution >= 0.6 is 15.6 Å². The molecule has 10 rings (SSSR count). The number of aromatic nitrogens is 6. The lowest BCUT2D eigenvalue weighted by atomic mass is 9.88. The van der Waals surface area contributed by atoms with E-state index in [-0.39, 0.29) is 0 Å². The number of ether oxygens (including phenoxy) is 11. The topological polar surface area (TPSA) is 485 Å². The van der Waals surface area contributed by atoms with Gasteiger partial charge in [-0.3, -0.25) is 71.3 Å². The van der Waals surface area contributed by atoms with Gasteiger partial charge in [0.15, 0.2) is 47.1 Å². The summed E-state index contributed by atoms with van der Waals surface area (Å²) < 4.78 is 162. The summed E-state index contributed by atoms with van der Waals surface area (Å²) in [5.41, 5.74) is -15.5. The first-order valence-electron chi connectivity index (χ1n) is 30.0. The van der Waals surface area contributed by atoms with Crippen LogP contribution in [0.15, 0.2) is 65.6 Å². The first-order chi connectivity index (χ1) is 46.0. The van der Waals surface area contributed by atoms with Gasteiger partial charge in [-0.15, -0.1) is 0 Å². The van der Waals surface area contributed by atoms with Crippen LogP contribution in [0.25, 0.3) is 0 Å². The van der Waals surface area contributed by atoms with Crippen molar-refractivity contribution < 1.29 is 136 Å². The van der Waals surface area contributed by atoms with Gasteiger partial charge < -0.3 is 67.4 Å². The maximum absolute atomic E-state index is 15.0. The SMILES string of the molecule is CC(=O)OCOP(=O)(OCOC(C)=O)OC[C@@]1(CF)O[C@@H](n2ccc(=O)[nH]c2=O)[C@](C)(O)[C@@H]1O.CC(=O)OCOP(=O)(OCOC(C)=O)OC[C@@]1(CF)O[C@@H](n2ccc(=O)[nH]c2=O)[C@]2(C)OC3(CCCC3)O[C@H]12.C[C@@]12OC3(CCCC3)O[C@@H]1[C@](CO)(CF)O[C@H]2n1ccc(=O)[nH]c1=O. The van der Waals surface area contributed by atoms with Crippen molar-refractivity contribution in [1.82, 2.24) is 28.7 Å². The summed E-state index contributed by atoms with van der Waals surface area (Å²) in [7, 11) is -9.38. The summed E-state index contributed by atoms with van der Waals surface area (Å²) in [6.07, 6.45) is 1.01. The standard InChI is InChI=1S/C22H30FN2O13P.C17H24FN2O13P.C16H21FN2O6/c1-14(26)31-12-34-39(30,35-13-32-15(2)27)33-11-21(10-23)17-20(3,38-22(36-17)7-4-5-8-22)18(37-21)25-9-6-16(28)24-19(25)29;1-10(21)28-8-31-34(27,32-9-29-11(2)22)30-7-17(6-18)13(24)16(3,26)14(33-17)20-5-4-12(23)19-15(20)25;1-14-11(23-16(25-14)5-2-3-6-16)15(8-17,9-20)24-12(14)19-7-4-10(21)18-13(19)22/h6,9,17-18H,4-5,7-8,10-13H2,1-3H3,(H,24,28,29);4-5,13-14,24,26H,6-9H2,1-3H3,(H,19,23,25);4,7,11-12,20H,2-3,5-6,8-9H2,1H3,(H,18,21,22)/t17-,18+,20+,21+;13-,14+,16+,17+;11-,12+,14+,15+/m000/s1. The number of hydrogen-bond acceptors (Lipinski definition) is 32. The van der Waals surface area contributed by atoms with E-state index in [9.17, 15) is 85.6 Å². The molecular weight excluding hydrogens is 1380 g/mol. The smallest absolute Gasteiger partial charge is 0.438 e. The molecule has 3 aromatic rings. The Bertz CT molecular complexity index is 3800. The fraction of sp³-hybridized carbons (Fsp3) is 0.709. The van der Waals surface area contributed by atoms with Crippen LogP contribution < -0.4 is 33.7 Å². The third kappa shape index (κ3) is 16.3. The Morgan fingerprint density at radius 3 is 1.13 bits per heavy atom. The van der Waals surface area contributed by atoms with Crippen molar-refractivity contribution in [3.63, 3.8) is 0 Å². The Labute approximate surface area is 551 Å². The number of rotatable bonds is 25. The van der Waals surface area contributed by atoms with E-state index in [1.165, 1.54) is 18.5 Å². The minimum Gasteiger partial charge on any atom is -0.438 e. The van der Waals surface area contributed by atoms with Crippen molar-refractivity contribution in [3.05, 3.63) is 99.3 Å². The first kappa shape index (κ1) is 77.3. The summed E-state index contributed by atoms with van der Waals surface area (Å²) in [5.74, 6) is -5.07. The number of hydrogen-bond donors (Lipinski definition) is 6. The fourth-order valence-electron chi connectivity index (χ4n) is 12.3. The van der Waals surface area contributed by atoms with Gasteiger partial charge in [-0.05, 0) is 46.5 Å². The van der Waals surface area contributed by atoms with E-state index in [0.717, 1.165) is 87.8 Å². The number of nitrogens with one attached hydrogen (secondary N) is 3. The molecule has 12 atom stereocenters. The van der Waals surface area contributed by atoms with Gasteiger partial charge >= 0.3 is 56.6 Å². The number of alkyl halides is 3. The van der Waals surface area contributed by atoms with Gasteiger partial charge in [0.05, 0.1) is 19.8 Å². The zero-order valence-electron chi connectivity index (χ0n) is 53.7. The first-order valence-corrected chi connectivity index (χ1v) is 33.0. The molecule has 7 fully saturated rings. The third-order valence-electron chi connectivity index (χ3n) is 16.9. The zero-order chi connectivity index (χ0) is 72.1. The van der Waals surface area contributed by atoms with Crippen molar-refractivity contribution in [1.29, 1.82) is 0 Å². The Morgan fingerprint density at radius 1 is 0.510 bits per heavy atom.